The molecule has 0 aromatic heterocycles. The highest BCUT2D eigenvalue weighted by molar-refractivity contribution is 7.97. The second kappa shape index (κ2) is 3.40. The number of nitrogens with two attached hydrogens (primary N) is 1. The fourth-order valence-corrected chi connectivity index (χ4v) is 1.65. The van der Waals surface area contributed by atoms with Crippen molar-refractivity contribution < 1.29 is 9.53 Å². The average Bonchev–Trinajstić information content (AvgIpc) is 2.18. The number of fused-ring (bicyclic) bond motifs is 1. The van der Waals surface area contributed by atoms with Gasteiger partial charge in [0, 0.05) is 11.3 Å². The van der Waals surface area contributed by atoms with Crippen LogP contribution in [0.2, 0.25) is 0 Å². The zero-order valence-electron chi connectivity index (χ0n) is 6.95. The number of ether oxygens (including phenoxy) is 1. The molecule has 0 bridgehead atoms. The van der Waals surface area contributed by atoms with Crippen LogP contribution in [0.5, 0.6) is 5.75 Å². The van der Waals surface area contributed by atoms with E-state index in [1.165, 1.54) is 0 Å². The first-order valence-electron chi connectivity index (χ1n) is 3.98. The van der Waals surface area contributed by atoms with E-state index in [0.29, 0.717) is 24.3 Å². The van der Waals surface area contributed by atoms with E-state index in [1.54, 1.807) is 12.1 Å². The zero-order chi connectivity index (χ0) is 9.26. The van der Waals surface area contributed by atoms with E-state index in [-0.39, 0.29) is 5.78 Å². The molecule has 1 aromatic carbocycles. The Morgan fingerprint density at radius 3 is 3.08 bits per heavy atom. The van der Waals surface area contributed by atoms with Crippen molar-refractivity contribution in [2.24, 2.45) is 5.14 Å². The summed E-state index contributed by atoms with van der Waals surface area (Å²) in [5, 5.41) is 5.39. The van der Waals surface area contributed by atoms with Gasteiger partial charge in [0.1, 0.15) is 5.75 Å². The van der Waals surface area contributed by atoms with Crippen LogP contribution in [-0.2, 0) is 0 Å². The Balaban J connectivity index is 2.47. The molecule has 0 saturated carbocycles. The minimum atomic E-state index is 0.136. The maximum atomic E-state index is 11.4. The minimum Gasteiger partial charge on any atom is -0.492 e. The first-order valence-corrected chi connectivity index (χ1v) is 4.86. The van der Waals surface area contributed by atoms with Crippen molar-refractivity contribution in [3.63, 3.8) is 0 Å². The molecule has 2 rings (SSSR count). The molecule has 0 unspecified atom stereocenters. The number of carbonyl (C=O) groups excluding carboxylic acids is 1. The molecule has 1 aromatic rings. The second-order valence-electron chi connectivity index (χ2n) is 2.80. The fourth-order valence-electron chi connectivity index (χ4n) is 1.31. The summed E-state index contributed by atoms with van der Waals surface area (Å²) in [7, 11) is 0. The van der Waals surface area contributed by atoms with E-state index in [4.69, 9.17) is 9.88 Å². The lowest BCUT2D eigenvalue weighted by atomic mass is 10.1. The summed E-state index contributed by atoms with van der Waals surface area (Å²) in [5.41, 5.74) is 0.654. The number of rotatable bonds is 1. The highest BCUT2D eigenvalue weighted by Crippen LogP contribution is 2.27. The third kappa shape index (κ3) is 1.55. The van der Waals surface area contributed by atoms with Gasteiger partial charge in [0.15, 0.2) is 5.78 Å². The molecule has 1 aliphatic rings. The molecule has 13 heavy (non-hydrogen) atoms. The van der Waals surface area contributed by atoms with Gasteiger partial charge in [-0.3, -0.25) is 9.93 Å². The summed E-state index contributed by atoms with van der Waals surface area (Å²) in [4.78, 5) is 12.3. The summed E-state index contributed by atoms with van der Waals surface area (Å²) < 4.78 is 5.32. The number of Topliss-reactive ketones (excluding diaryl/α,β-unsaturated/α-hetero) is 1. The lowest BCUT2D eigenvalue weighted by molar-refractivity contribution is 0.0933. The van der Waals surface area contributed by atoms with E-state index in [2.05, 4.69) is 0 Å². The van der Waals surface area contributed by atoms with E-state index in [9.17, 15) is 4.79 Å². The monoisotopic (exact) mass is 195 g/mol. The van der Waals surface area contributed by atoms with Gasteiger partial charge in [-0.25, -0.2) is 0 Å². The van der Waals surface area contributed by atoms with Gasteiger partial charge in [-0.15, -0.1) is 0 Å². The van der Waals surface area contributed by atoms with Crippen LogP contribution in [-0.4, -0.2) is 12.4 Å². The van der Waals surface area contributed by atoms with Gasteiger partial charge in [-0.1, -0.05) is 0 Å². The molecule has 0 amide bonds. The van der Waals surface area contributed by atoms with Gasteiger partial charge in [-0.2, -0.15) is 0 Å². The summed E-state index contributed by atoms with van der Waals surface area (Å²) in [5.74, 6) is 0.811. The Bertz CT molecular complexity index is 351. The minimum absolute atomic E-state index is 0.136. The maximum absolute atomic E-state index is 11.4. The van der Waals surface area contributed by atoms with E-state index >= 15 is 0 Å². The Morgan fingerprint density at radius 1 is 1.46 bits per heavy atom. The molecule has 0 aliphatic carbocycles. The lowest BCUT2D eigenvalue weighted by Crippen LogP contribution is -2.15. The van der Waals surface area contributed by atoms with E-state index in [1.807, 2.05) is 6.07 Å². The molecule has 1 heterocycles. The average molecular weight is 195 g/mol. The van der Waals surface area contributed by atoms with Crippen molar-refractivity contribution in [1.82, 2.24) is 0 Å². The zero-order valence-corrected chi connectivity index (χ0v) is 7.76. The third-order valence-corrected chi connectivity index (χ3v) is 2.50. The van der Waals surface area contributed by atoms with Crippen LogP contribution in [0.1, 0.15) is 16.8 Å². The van der Waals surface area contributed by atoms with Gasteiger partial charge in [0.2, 0.25) is 0 Å². The van der Waals surface area contributed by atoms with Crippen molar-refractivity contribution in [1.29, 1.82) is 0 Å². The predicted molar refractivity (Wildman–Crippen MR) is 50.9 cm³/mol. The maximum Gasteiger partial charge on any atom is 0.170 e. The second-order valence-corrected chi connectivity index (χ2v) is 3.50. The highest BCUT2D eigenvalue weighted by atomic mass is 32.2. The summed E-state index contributed by atoms with van der Waals surface area (Å²) in [6.45, 7) is 0.487. The molecule has 2 N–H and O–H groups in total. The van der Waals surface area contributed by atoms with Crippen molar-refractivity contribution in [3.8, 4) is 5.75 Å². The van der Waals surface area contributed by atoms with Gasteiger partial charge in [0.25, 0.3) is 0 Å². The lowest BCUT2D eigenvalue weighted by Gasteiger charge is -2.16. The quantitative estimate of drug-likeness (QED) is 0.692. The summed E-state index contributed by atoms with van der Waals surface area (Å²) in [6.07, 6.45) is 0.464. The van der Waals surface area contributed by atoms with Crippen molar-refractivity contribution in [2.75, 3.05) is 6.61 Å². The molecule has 4 heteroatoms. The van der Waals surface area contributed by atoms with Crippen LogP contribution in [0.4, 0.5) is 0 Å². The number of benzene rings is 1. The molecule has 68 valence electrons. The Morgan fingerprint density at radius 2 is 2.31 bits per heavy atom. The third-order valence-electron chi connectivity index (χ3n) is 1.97. The largest absolute Gasteiger partial charge is 0.492 e. The Labute approximate surface area is 80.4 Å². The van der Waals surface area contributed by atoms with Gasteiger partial charge < -0.3 is 4.74 Å². The molecular weight excluding hydrogens is 186 g/mol. The van der Waals surface area contributed by atoms with E-state index < -0.39 is 0 Å². The molecule has 0 radical (unpaired) electrons. The molecule has 1 aliphatic heterocycles. The number of ketones is 1. The first-order chi connectivity index (χ1) is 6.31. The summed E-state index contributed by atoms with van der Waals surface area (Å²) in [6, 6.07) is 5.42. The fraction of sp³-hybridized carbons (Fsp3) is 0.222. The van der Waals surface area contributed by atoms with Crippen LogP contribution in [0.25, 0.3) is 0 Å². The van der Waals surface area contributed by atoms with Crippen LogP contribution in [0, 0.1) is 0 Å². The van der Waals surface area contributed by atoms with Crippen LogP contribution >= 0.6 is 11.9 Å². The highest BCUT2D eigenvalue weighted by Gasteiger charge is 2.18. The smallest absolute Gasteiger partial charge is 0.170 e. The molecular formula is C9H9NO2S. The van der Waals surface area contributed by atoms with Crippen LogP contribution < -0.4 is 9.88 Å². The molecule has 0 saturated heterocycles. The van der Waals surface area contributed by atoms with Gasteiger partial charge in [0.05, 0.1) is 12.2 Å². The number of carbonyl (C=O) groups is 1. The van der Waals surface area contributed by atoms with Crippen molar-refractivity contribution in [2.45, 2.75) is 11.3 Å². The van der Waals surface area contributed by atoms with Crippen LogP contribution in [0.3, 0.4) is 0 Å². The first kappa shape index (κ1) is 8.59. The number of hydrogen-bond donors (Lipinski definition) is 1. The number of hydrogen-bond acceptors (Lipinski definition) is 4. The van der Waals surface area contributed by atoms with Crippen molar-refractivity contribution >= 4 is 17.7 Å². The normalized spacial score (nSPS) is 15.0. The Hall–Kier alpha value is -1.00. The standard InChI is InChI=1S/C9H9NO2S/c10-13-6-1-2-9-7(5-6)8(11)3-4-12-9/h1-2,5H,3-4,10H2. The molecule has 3 nitrogen and oxygen atoms in total. The van der Waals surface area contributed by atoms with Gasteiger partial charge in [-0.05, 0) is 30.1 Å². The van der Waals surface area contributed by atoms with Gasteiger partial charge >= 0.3 is 0 Å². The topological polar surface area (TPSA) is 52.3 Å². The van der Waals surface area contributed by atoms with E-state index in [0.717, 1.165) is 16.8 Å². The van der Waals surface area contributed by atoms with Crippen molar-refractivity contribution in [3.05, 3.63) is 23.8 Å². The van der Waals surface area contributed by atoms with Crippen LogP contribution in [0.15, 0.2) is 23.1 Å². The molecule has 0 spiro atoms. The Kier molecular flexibility index (Phi) is 2.24. The molecule has 0 fully saturated rings. The summed E-state index contributed by atoms with van der Waals surface area (Å²) >= 11 is 1.14. The predicted octanol–water partition coefficient (Wildman–Crippen LogP) is 1.62. The SMILES string of the molecule is NSc1ccc2c(c1)C(=O)CCO2. The molecule has 0 atom stereocenters.